The Kier molecular flexibility index (Phi) is 6.29. The van der Waals surface area contributed by atoms with Crippen LogP contribution in [-0.4, -0.2) is 33.3 Å². The van der Waals surface area contributed by atoms with Crippen LogP contribution < -0.4 is 0 Å². The van der Waals surface area contributed by atoms with Crippen LogP contribution in [0.2, 0.25) is 10.0 Å². The van der Waals surface area contributed by atoms with Crippen LogP contribution in [0.25, 0.3) is 0 Å². The van der Waals surface area contributed by atoms with Gasteiger partial charge in [0, 0.05) is 13.1 Å². The van der Waals surface area contributed by atoms with Crippen LogP contribution in [-0.2, 0) is 11.3 Å². The molecule has 2 rings (SSSR count). The van der Waals surface area contributed by atoms with Crippen molar-refractivity contribution >= 4 is 52.2 Å². The van der Waals surface area contributed by atoms with Gasteiger partial charge in [0.05, 0.1) is 15.8 Å². The molecule has 1 aromatic heterocycles. The van der Waals surface area contributed by atoms with Gasteiger partial charge in [0.2, 0.25) is 5.91 Å². The lowest BCUT2D eigenvalue weighted by atomic mass is 10.2. The van der Waals surface area contributed by atoms with Crippen molar-refractivity contribution < 1.29 is 4.79 Å². The van der Waals surface area contributed by atoms with Crippen LogP contribution in [0.15, 0.2) is 28.0 Å². The zero-order valence-electron chi connectivity index (χ0n) is 11.3. The van der Waals surface area contributed by atoms with E-state index < -0.39 is 0 Å². The summed E-state index contributed by atoms with van der Waals surface area (Å²) in [6.07, 6.45) is 0. The molecule has 0 atom stereocenters. The van der Waals surface area contributed by atoms with Crippen molar-refractivity contribution in [1.82, 2.24) is 15.1 Å². The lowest BCUT2D eigenvalue weighted by molar-refractivity contribution is -0.128. The van der Waals surface area contributed by atoms with E-state index in [1.807, 2.05) is 13.0 Å². The van der Waals surface area contributed by atoms with E-state index in [0.29, 0.717) is 28.9 Å². The van der Waals surface area contributed by atoms with Crippen molar-refractivity contribution in [2.75, 3.05) is 12.3 Å². The summed E-state index contributed by atoms with van der Waals surface area (Å²) in [4.78, 5) is 14.0. The average Bonchev–Trinajstić information content (AvgIpc) is 2.99. The van der Waals surface area contributed by atoms with Crippen LogP contribution in [0.1, 0.15) is 12.5 Å². The maximum Gasteiger partial charge on any atom is 0.233 e. The van der Waals surface area contributed by atoms with E-state index in [1.54, 1.807) is 22.5 Å². The Morgan fingerprint density at radius 3 is 2.81 bits per heavy atom. The molecule has 0 radical (unpaired) electrons. The quantitative estimate of drug-likeness (QED) is 0.729. The first-order valence-electron chi connectivity index (χ1n) is 6.20. The van der Waals surface area contributed by atoms with Crippen LogP contribution in [0.4, 0.5) is 0 Å². The van der Waals surface area contributed by atoms with Crippen molar-refractivity contribution in [3.63, 3.8) is 0 Å². The van der Waals surface area contributed by atoms with Crippen LogP contribution in [0.5, 0.6) is 0 Å². The standard InChI is InChI=1S/C13H13Cl2N3OS2/c1-2-18(6-9-3-4-10(14)11(15)5-9)12(19)7-20-13-17-16-8-21-13/h3-5,8H,2,6-7H2,1H3. The van der Waals surface area contributed by atoms with Gasteiger partial charge >= 0.3 is 0 Å². The fourth-order valence-corrected chi connectivity index (χ4v) is 3.39. The number of thioether (sulfide) groups is 1. The Labute approximate surface area is 141 Å². The molecular weight excluding hydrogens is 349 g/mol. The highest BCUT2D eigenvalue weighted by atomic mass is 35.5. The predicted molar refractivity (Wildman–Crippen MR) is 88.2 cm³/mol. The molecule has 0 aliphatic carbocycles. The lowest BCUT2D eigenvalue weighted by Crippen LogP contribution is -2.31. The molecule has 1 amide bonds. The van der Waals surface area contributed by atoms with Gasteiger partial charge < -0.3 is 4.90 Å². The number of aromatic nitrogens is 2. The number of nitrogens with zero attached hydrogens (tertiary/aromatic N) is 3. The highest BCUT2D eigenvalue weighted by Crippen LogP contribution is 2.24. The molecule has 0 bridgehead atoms. The second-order valence-electron chi connectivity index (χ2n) is 4.15. The third-order valence-electron chi connectivity index (χ3n) is 2.75. The molecule has 0 saturated heterocycles. The minimum atomic E-state index is 0.0590. The monoisotopic (exact) mass is 361 g/mol. The molecule has 21 heavy (non-hydrogen) atoms. The minimum Gasteiger partial charge on any atom is -0.338 e. The Hall–Kier alpha value is -0.820. The van der Waals surface area contributed by atoms with Crippen molar-refractivity contribution in [1.29, 1.82) is 0 Å². The van der Waals surface area contributed by atoms with E-state index in [-0.39, 0.29) is 5.91 Å². The number of hydrogen-bond donors (Lipinski definition) is 0. The predicted octanol–water partition coefficient (Wildman–Crippen LogP) is 3.99. The van der Waals surface area contributed by atoms with Crippen molar-refractivity contribution in [2.24, 2.45) is 0 Å². The SMILES string of the molecule is CCN(Cc1ccc(Cl)c(Cl)c1)C(=O)CSc1nncs1. The molecule has 0 N–H and O–H groups in total. The molecule has 0 aliphatic rings. The number of amides is 1. The largest absolute Gasteiger partial charge is 0.338 e. The summed E-state index contributed by atoms with van der Waals surface area (Å²) in [7, 11) is 0. The fraction of sp³-hybridized carbons (Fsp3) is 0.308. The summed E-state index contributed by atoms with van der Waals surface area (Å²) >= 11 is 14.7. The average molecular weight is 362 g/mol. The van der Waals surface area contributed by atoms with Gasteiger partial charge in [0.25, 0.3) is 0 Å². The van der Waals surface area contributed by atoms with Crippen LogP contribution in [0, 0.1) is 0 Å². The molecule has 0 aliphatic heterocycles. The van der Waals surface area contributed by atoms with Gasteiger partial charge in [-0.05, 0) is 24.6 Å². The Morgan fingerprint density at radius 1 is 1.38 bits per heavy atom. The third kappa shape index (κ3) is 4.85. The van der Waals surface area contributed by atoms with Crippen molar-refractivity contribution in [2.45, 2.75) is 17.8 Å². The summed E-state index contributed by atoms with van der Waals surface area (Å²) in [6.45, 7) is 3.10. The molecule has 1 aromatic carbocycles. The topological polar surface area (TPSA) is 46.1 Å². The maximum atomic E-state index is 12.2. The summed E-state index contributed by atoms with van der Waals surface area (Å²) in [6, 6.07) is 5.41. The minimum absolute atomic E-state index is 0.0590. The number of halogens is 2. The molecule has 1 heterocycles. The van der Waals surface area contributed by atoms with Gasteiger partial charge in [0.15, 0.2) is 4.34 Å². The number of carbonyl (C=O) groups is 1. The summed E-state index contributed by atoms with van der Waals surface area (Å²) in [5.74, 6) is 0.411. The zero-order valence-corrected chi connectivity index (χ0v) is 14.4. The van der Waals surface area contributed by atoms with Crippen LogP contribution in [0.3, 0.4) is 0 Å². The normalized spacial score (nSPS) is 10.6. The van der Waals surface area contributed by atoms with E-state index in [9.17, 15) is 4.79 Å². The molecule has 0 spiro atoms. The summed E-state index contributed by atoms with van der Waals surface area (Å²) in [5, 5.41) is 8.67. The molecule has 2 aromatic rings. The molecule has 0 unspecified atom stereocenters. The molecule has 8 heteroatoms. The molecule has 0 saturated carbocycles. The molecule has 0 fully saturated rings. The van der Waals surface area contributed by atoms with Gasteiger partial charge in [-0.25, -0.2) is 0 Å². The number of carbonyl (C=O) groups excluding carboxylic acids is 1. The van der Waals surface area contributed by atoms with E-state index in [4.69, 9.17) is 23.2 Å². The van der Waals surface area contributed by atoms with Gasteiger partial charge in [-0.1, -0.05) is 52.4 Å². The Morgan fingerprint density at radius 2 is 2.19 bits per heavy atom. The van der Waals surface area contributed by atoms with Gasteiger partial charge in [0.1, 0.15) is 5.51 Å². The second kappa shape index (κ2) is 7.98. The van der Waals surface area contributed by atoms with E-state index in [0.717, 1.165) is 9.90 Å². The Bertz CT molecular complexity index is 607. The van der Waals surface area contributed by atoms with Gasteiger partial charge in [-0.3, -0.25) is 4.79 Å². The molecule has 4 nitrogen and oxygen atoms in total. The van der Waals surface area contributed by atoms with Crippen LogP contribution >= 0.6 is 46.3 Å². The number of rotatable bonds is 6. The smallest absolute Gasteiger partial charge is 0.233 e. The summed E-state index contributed by atoms with van der Waals surface area (Å²) < 4.78 is 0.800. The molecular formula is C13H13Cl2N3OS2. The fourth-order valence-electron chi connectivity index (χ4n) is 1.68. The molecule has 112 valence electrons. The van der Waals surface area contributed by atoms with Crippen molar-refractivity contribution in [3.8, 4) is 0 Å². The van der Waals surface area contributed by atoms with E-state index in [1.165, 1.54) is 23.1 Å². The summed E-state index contributed by atoms with van der Waals surface area (Å²) in [5.41, 5.74) is 2.61. The maximum absolute atomic E-state index is 12.2. The van der Waals surface area contributed by atoms with Crippen molar-refractivity contribution in [3.05, 3.63) is 39.3 Å². The van der Waals surface area contributed by atoms with E-state index >= 15 is 0 Å². The zero-order chi connectivity index (χ0) is 15.2. The number of benzene rings is 1. The lowest BCUT2D eigenvalue weighted by Gasteiger charge is -2.20. The first kappa shape index (κ1) is 16.5. The third-order valence-corrected chi connectivity index (χ3v) is 5.34. The van der Waals surface area contributed by atoms with Gasteiger partial charge in [-0.2, -0.15) is 0 Å². The first-order valence-corrected chi connectivity index (χ1v) is 8.83. The highest BCUT2D eigenvalue weighted by molar-refractivity contribution is 8.01. The number of hydrogen-bond acceptors (Lipinski definition) is 5. The van der Waals surface area contributed by atoms with E-state index in [2.05, 4.69) is 10.2 Å². The highest BCUT2D eigenvalue weighted by Gasteiger charge is 2.14. The first-order chi connectivity index (χ1) is 10.1. The second-order valence-corrected chi connectivity index (χ2v) is 7.02. The van der Waals surface area contributed by atoms with Gasteiger partial charge in [-0.15, -0.1) is 10.2 Å². The Balaban J connectivity index is 1.95.